The molecule has 0 radical (unpaired) electrons. The molecule has 1 amide bonds. The molecule has 0 spiro atoms. The molecule has 1 aliphatic carbocycles. The summed E-state index contributed by atoms with van der Waals surface area (Å²) in [5, 5.41) is 10.5. The van der Waals surface area contributed by atoms with E-state index < -0.39 is 0 Å². The van der Waals surface area contributed by atoms with Crippen LogP contribution in [0.2, 0.25) is 0 Å². The van der Waals surface area contributed by atoms with Crippen molar-refractivity contribution in [2.24, 2.45) is 5.92 Å². The van der Waals surface area contributed by atoms with E-state index in [9.17, 15) is 9.90 Å². The Morgan fingerprint density at radius 1 is 1.26 bits per heavy atom. The Hall–Kier alpha value is -1.81. The van der Waals surface area contributed by atoms with Crippen molar-refractivity contribution in [1.82, 2.24) is 9.47 Å². The van der Waals surface area contributed by atoms with Gasteiger partial charge in [0.1, 0.15) is 6.54 Å². The standard InChI is InChI=1S/C19H26N2O2/c1-14-11-21(18-6-4-3-5-17(14)18)12-19(23)20(2)16-9-7-15(13-22)8-10-16/h3-6,11,15-16,22H,7-10,12-13H2,1-2H3. The minimum absolute atomic E-state index is 0.165. The van der Waals surface area contributed by atoms with Crippen molar-refractivity contribution in [1.29, 1.82) is 0 Å². The lowest BCUT2D eigenvalue weighted by Gasteiger charge is -2.34. The summed E-state index contributed by atoms with van der Waals surface area (Å²) in [5.41, 5.74) is 2.33. The van der Waals surface area contributed by atoms with Gasteiger partial charge < -0.3 is 14.6 Å². The zero-order valence-corrected chi connectivity index (χ0v) is 14.0. The van der Waals surface area contributed by atoms with Crippen LogP contribution >= 0.6 is 0 Å². The van der Waals surface area contributed by atoms with Crippen molar-refractivity contribution in [2.75, 3.05) is 13.7 Å². The highest BCUT2D eigenvalue weighted by atomic mass is 16.3. The Morgan fingerprint density at radius 2 is 1.96 bits per heavy atom. The Balaban J connectivity index is 1.68. The number of benzene rings is 1. The van der Waals surface area contributed by atoms with Crippen LogP contribution in [0.5, 0.6) is 0 Å². The molecular weight excluding hydrogens is 288 g/mol. The second-order valence-electron chi connectivity index (χ2n) is 6.82. The van der Waals surface area contributed by atoms with Crippen molar-refractivity contribution < 1.29 is 9.90 Å². The maximum Gasteiger partial charge on any atom is 0.242 e. The maximum absolute atomic E-state index is 12.7. The summed E-state index contributed by atoms with van der Waals surface area (Å²) < 4.78 is 2.06. The molecule has 1 aliphatic rings. The highest BCUT2D eigenvalue weighted by molar-refractivity contribution is 5.86. The van der Waals surface area contributed by atoms with E-state index in [1.807, 2.05) is 24.1 Å². The summed E-state index contributed by atoms with van der Waals surface area (Å²) in [5.74, 6) is 0.587. The molecule has 1 N–H and O–H groups in total. The number of aromatic nitrogens is 1. The van der Waals surface area contributed by atoms with E-state index in [1.165, 1.54) is 10.9 Å². The molecule has 1 aromatic heterocycles. The fourth-order valence-corrected chi connectivity index (χ4v) is 3.74. The predicted octanol–water partition coefficient (Wildman–Crippen LogP) is 2.96. The van der Waals surface area contributed by atoms with E-state index >= 15 is 0 Å². The largest absolute Gasteiger partial charge is 0.396 e. The summed E-state index contributed by atoms with van der Waals surface area (Å²) in [6.07, 6.45) is 6.10. The van der Waals surface area contributed by atoms with Crippen LogP contribution in [0.4, 0.5) is 0 Å². The topological polar surface area (TPSA) is 45.5 Å². The van der Waals surface area contributed by atoms with Gasteiger partial charge >= 0.3 is 0 Å². The number of amides is 1. The lowest BCUT2D eigenvalue weighted by Crippen LogP contribution is -2.41. The van der Waals surface area contributed by atoms with Gasteiger partial charge in [0.05, 0.1) is 0 Å². The number of nitrogens with zero attached hydrogens (tertiary/aromatic N) is 2. The van der Waals surface area contributed by atoms with Gasteiger partial charge in [-0.05, 0) is 50.2 Å². The van der Waals surface area contributed by atoms with Crippen molar-refractivity contribution in [2.45, 2.75) is 45.2 Å². The SMILES string of the molecule is Cc1cn(CC(=O)N(C)C2CCC(CO)CC2)c2ccccc12. The second kappa shape index (κ2) is 6.75. The third-order valence-corrected chi connectivity index (χ3v) is 5.31. The number of aliphatic hydroxyl groups is 1. The monoisotopic (exact) mass is 314 g/mol. The van der Waals surface area contributed by atoms with Crippen LogP contribution in [-0.4, -0.2) is 40.2 Å². The Labute approximate surface area is 137 Å². The van der Waals surface area contributed by atoms with Gasteiger partial charge in [0.2, 0.25) is 5.91 Å². The lowest BCUT2D eigenvalue weighted by atomic mass is 9.86. The van der Waals surface area contributed by atoms with Gasteiger partial charge in [-0.1, -0.05) is 18.2 Å². The molecule has 0 atom stereocenters. The zero-order valence-electron chi connectivity index (χ0n) is 14.0. The van der Waals surface area contributed by atoms with Crippen LogP contribution in [-0.2, 0) is 11.3 Å². The quantitative estimate of drug-likeness (QED) is 0.943. The van der Waals surface area contributed by atoms with E-state index in [-0.39, 0.29) is 12.5 Å². The number of rotatable bonds is 4. The molecule has 2 aromatic rings. The number of likely N-dealkylation sites (N-methyl/N-ethyl adjacent to an activating group) is 1. The minimum Gasteiger partial charge on any atom is -0.396 e. The zero-order chi connectivity index (χ0) is 16.4. The van der Waals surface area contributed by atoms with Crippen LogP contribution in [0, 0.1) is 12.8 Å². The molecule has 0 bridgehead atoms. The molecule has 1 aromatic carbocycles. The number of carbonyl (C=O) groups is 1. The van der Waals surface area contributed by atoms with Crippen molar-refractivity contribution in [3.63, 3.8) is 0 Å². The summed E-state index contributed by atoms with van der Waals surface area (Å²) in [4.78, 5) is 14.6. The average Bonchev–Trinajstić information content (AvgIpc) is 2.90. The average molecular weight is 314 g/mol. The Bertz CT molecular complexity index is 684. The number of hydrogen-bond donors (Lipinski definition) is 1. The number of aryl methyl sites for hydroxylation is 1. The molecule has 124 valence electrons. The molecule has 23 heavy (non-hydrogen) atoms. The van der Waals surface area contributed by atoms with E-state index in [4.69, 9.17) is 0 Å². The van der Waals surface area contributed by atoms with Crippen molar-refractivity contribution in [3.8, 4) is 0 Å². The van der Waals surface area contributed by atoms with Crippen LogP contribution in [0.1, 0.15) is 31.2 Å². The molecule has 4 nitrogen and oxygen atoms in total. The summed E-state index contributed by atoms with van der Waals surface area (Å²) in [6, 6.07) is 8.54. The van der Waals surface area contributed by atoms with Gasteiger partial charge in [-0.2, -0.15) is 0 Å². The summed E-state index contributed by atoms with van der Waals surface area (Å²) in [6.45, 7) is 2.76. The van der Waals surface area contributed by atoms with Gasteiger partial charge in [0.25, 0.3) is 0 Å². The number of carbonyl (C=O) groups excluding carboxylic acids is 1. The van der Waals surface area contributed by atoms with Crippen molar-refractivity contribution in [3.05, 3.63) is 36.0 Å². The highest BCUT2D eigenvalue weighted by Gasteiger charge is 2.26. The highest BCUT2D eigenvalue weighted by Crippen LogP contribution is 2.27. The van der Waals surface area contributed by atoms with E-state index in [0.717, 1.165) is 31.2 Å². The van der Waals surface area contributed by atoms with E-state index in [0.29, 0.717) is 18.5 Å². The normalized spacial score (nSPS) is 21.5. The molecule has 1 saturated carbocycles. The van der Waals surface area contributed by atoms with Gasteiger partial charge in [0, 0.05) is 36.8 Å². The number of para-hydroxylation sites is 1. The third-order valence-electron chi connectivity index (χ3n) is 5.31. The van der Waals surface area contributed by atoms with Crippen LogP contribution in [0.25, 0.3) is 10.9 Å². The number of aliphatic hydroxyl groups excluding tert-OH is 1. The molecular formula is C19H26N2O2. The minimum atomic E-state index is 0.165. The number of hydrogen-bond acceptors (Lipinski definition) is 2. The van der Waals surface area contributed by atoms with E-state index in [1.54, 1.807) is 0 Å². The molecule has 0 saturated heterocycles. The second-order valence-corrected chi connectivity index (χ2v) is 6.82. The molecule has 0 aliphatic heterocycles. The van der Waals surface area contributed by atoms with E-state index in [2.05, 4.69) is 29.8 Å². The Kier molecular flexibility index (Phi) is 4.71. The van der Waals surface area contributed by atoms with Gasteiger partial charge in [-0.3, -0.25) is 4.79 Å². The van der Waals surface area contributed by atoms with Crippen LogP contribution in [0.3, 0.4) is 0 Å². The fourth-order valence-electron chi connectivity index (χ4n) is 3.74. The first-order valence-corrected chi connectivity index (χ1v) is 8.51. The van der Waals surface area contributed by atoms with Crippen LogP contribution in [0.15, 0.2) is 30.5 Å². The first-order chi connectivity index (χ1) is 11.1. The maximum atomic E-state index is 12.7. The summed E-state index contributed by atoms with van der Waals surface area (Å²) in [7, 11) is 1.92. The molecule has 1 heterocycles. The first-order valence-electron chi connectivity index (χ1n) is 8.51. The van der Waals surface area contributed by atoms with Crippen molar-refractivity contribution >= 4 is 16.8 Å². The fraction of sp³-hybridized carbons (Fsp3) is 0.526. The summed E-state index contributed by atoms with van der Waals surface area (Å²) >= 11 is 0. The predicted molar refractivity (Wildman–Crippen MR) is 92.3 cm³/mol. The number of fused-ring (bicyclic) bond motifs is 1. The van der Waals surface area contributed by atoms with Gasteiger partial charge in [0.15, 0.2) is 0 Å². The smallest absolute Gasteiger partial charge is 0.242 e. The first kappa shape index (κ1) is 16.1. The van der Waals surface area contributed by atoms with Gasteiger partial charge in [-0.15, -0.1) is 0 Å². The Morgan fingerprint density at radius 3 is 2.65 bits per heavy atom. The third kappa shape index (κ3) is 3.27. The molecule has 1 fully saturated rings. The van der Waals surface area contributed by atoms with Gasteiger partial charge in [-0.25, -0.2) is 0 Å². The lowest BCUT2D eigenvalue weighted by molar-refractivity contribution is -0.133. The van der Waals surface area contributed by atoms with Crippen LogP contribution < -0.4 is 0 Å². The molecule has 0 unspecified atom stereocenters. The molecule has 4 heteroatoms. The molecule has 3 rings (SSSR count).